The van der Waals surface area contributed by atoms with Crippen LogP contribution in [0.1, 0.15) is 13.8 Å². The van der Waals surface area contributed by atoms with Gasteiger partial charge in [-0.3, -0.25) is 4.79 Å². The Labute approximate surface area is 53.8 Å². The van der Waals surface area contributed by atoms with Gasteiger partial charge in [0.1, 0.15) is 0 Å². The van der Waals surface area contributed by atoms with Crippen LogP contribution < -0.4 is 5.73 Å². The molecule has 0 saturated carbocycles. The molecule has 0 saturated heterocycles. The Morgan fingerprint density at radius 2 is 2.38 bits per heavy atom. The monoisotopic (exact) mass is 133 g/mol. The maximum Gasteiger partial charge on any atom is 0.185 e. The second kappa shape index (κ2) is 3.92. The minimum atomic E-state index is 0.129. The first-order valence-electron chi connectivity index (χ1n) is 2.52. The predicted molar refractivity (Wildman–Crippen MR) is 36.8 cm³/mol. The third kappa shape index (κ3) is 5.98. The van der Waals surface area contributed by atoms with E-state index in [-0.39, 0.29) is 11.2 Å². The van der Waals surface area contributed by atoms with E-state index in [9.17, 15) is 4.79 Å². The molecule has 0 bridgehead atoms. The number of rotatable bonds is 2. The minimum Gasteiger partial charge on any atom is -0.327 e. The van der Waals surface area contributed by atoms with Crippen LogP contribution >= 0.6 is 11.8 Å². The molecule has 0 aromatic rings. The topological polar surface area (TPSA) is 43.1 Å². The van der Waals surface area contributed by atoms with E-state index in [1.54, 1.807) is 6.92 Å². The Kier molecular flexibility index (Phi) is 3.91. The molecule has 0 fully saturated rings. The summed E-state index contributed by atoms with van der Waals surface area (Å²) < 4.78 is 0. The summed E-state index contributed by atoms with van der Waals surface area (Å²) in [5.41, 5.74) is 5.37. The maximum absolute atomic E-state index is 10.3. The summed E-state index contributed by atoms with van der Waals surface area (Å²) >= 11 is 1.28. The average Bonchev–Trinajstić information content (AvgIpc) is 1.61. The lowest BCUT2D eigenvalue weighted by atomic mass is 10.4. The van der Waals surface area contributed by atoms with Crippen LogP contribution in [0.4, 0.5) is 0 Å². The van der Waals surface area contributed by atoms with E-state index < -0.39 is 0 Å². The van der Waals surface area contributed by atoms with Crippen LogP contribution in [0.3, 0.4) is 0 Å². The van der Waals surface area contributed by atoms with E-state index in [4.69, 9.17) is 5.73 Å². The lowest BCUT2D eigenvalue weighted by Gasteiger charge is -1.98. The van der Waals surface area contributed by atoms with Crippen molar-refractivity contribution < 1.29 is 4.79 Å². The molecule has 0 unspecified atom stereocenters. The van der Waals surface area contributed by atoms with Gasteiger partial charge in [-0.05, 0) is 6.92 Å². The first-order valence-corrected chi connectivity index (χ1v) is 3.50. The van der Waals surface area contributed by atoms with Crippen molar-refractivity contribution in [3.63, 3.8) is 0 Å². The zero-order valence-corrected chi connectivity index (χ0v) is 5.99. The molecule has 0 aromatic carbocycles. The fraction of sp³-hybridized carbons (Fsp3) is 0.800. The highest BCUT2D eigenvalue weighted by atomic mass is 32.2. The molecule has 0 heterocycles. The molecule has 2 nitrogen and oxygen atoms in total. The lowest BCUT2D eigenvalue weighted by molar-refractivity contribution is -0.109. The van der Waals surface area contributed by atoms with Gasteiger partial charge in [-0.15, -0.1) is 0 Å². The van der Waals surface area contributed by atoms with Gasteiger partial charge in [-0.2, -0.15) is 0 Å². The molecule has 0 spiro atoms. The van der Waals surface area contributed by atoms with Crippen molar-refractivity contribution in [1.29, 1.82) is 0 Å². The number of thioether (sulfide) groups is 1. The molecule has 48 valence electrons. The SMILES string of the molecule is CC(=O)SC[C@@H](C)N. The number of hydrogen-bond acceptors (Lipinski definition) is 3. The predicted octanol–water partition coefficient (Wildman–Crippen LogP) is 0.613. The van der Waals surface area contributed by atoms with Gasteiger partial charge in [0.25, 0.3) is 0 Å². The van der Waals surface area contributed by atoms with Crippen molar-refractivity contribution in [2.45, 2.75) is 19.9 Å². The summed E-state index contributed by atoms with van der Waals surface area (Å²) in [7, 11) is 0. The van der Waals surface area contributed by atoms with E-state index in [0.717, 1.165) is 5.75 Å². The number of hydrogen-bond donors (Lipinski definition) is 1. The fourth-order valence-electron chi connectivity index (χ4n) is 0.249. The second-order valence-electron chi connectivity index (χ2n) is 1.78. The van der Waals surface area contributed by atoms with Crippen LogP contribution in [0.5, 0.6) is 0 Å². The highest BCUT2D eigenvalue weighted by Crippen LogP contribution is 2.00. The zero-order chi connectivity index (χ0) is 6.57. The van der Waals surface area contributed by atoms with Crippen molar-refractivity contribution in [2.24, 2.45) is 5.73 Å². The van der Waals surface area contributed by atoms with Gasteiger partial charge >= 0.3 is 0 Å². The Morgan fingerprint density at radius 3 is 2.50 bits per heavy atom. The highest BCUT2D eigenvalue weighted by molar-refractivity contribution is 8.13. The molecule has 0 aliphatic carbocycles. The van der Waals surface area contributed by atoms with E-state index in [2.05, 4.69) is 0 Å². The lowest BCUT2D eigenvalue weighted by Crippen LogP contribution is -2.18. The van der Waals surface area contributed by atoms with Crippen LogP contribution in [0.15, 0.2) is 0 Å². The van der Waals surface area contributed by atoms with Gasteiger partial charge in [0, 0.05) is 18.7 Å². The van der Waals surface area contributed by atoms with Gasteiger partial charge in [0.05, 0.1) is 0 Å². The van der Waals surface area contributed by atoms with Gasteiger partial charge in [0.15, 0.2) is 5.12 Å². The number of carbonyl (C=O) groups is 1. The summed E-state index contributed by atoms with van der Waals surface area (Å²) in [6, 6.07) is 0.129. The first-order chi connectivity index (χ1) is 3.63. The van der Waals surface area contributed by atoms with Crippen molar-refractivity contribution in [3.8, 4) is 0 Å². The molecule has 0 aliphatic rings. The average molecular weight is 133 g/mol. The standard InChI is InChI=1S/C5H11NOS/c1-4(6)3-8-5(2)7/h4H,3,6H2,1-2H3/t4-/m1/s1. The smallest absolute Gasteiger partial charge is 0.185 e. The Bertz CT molecular complexity index is 82.5. The van der Waals surface area contributed by atoms with Gasteiger partial charge in [0.2, 0.25) is 0 Å². The molecule has 2 N–H and O–H groups in total. The maximum atomic E-state index is 10.3. The molecule has 0 aromatic heterocycles. The summed E-state index contributed by atoms with van der Waals surface area (Å²) in [6.45, 7) is 3.43. The van der Waals surface area contributed by atoms with Crippen LogP contribution in [0, 0.1) is 0 Å². The van der Waals surface area contributed by atoms with E-state index >= 15 is 0 Å². The van der Waals surface area contributed by atoms with Gasteiger partial charge in [-0.25, -0.2) is 0 Å². The molecule has 8 heavy (non-hydrogen) atoms. The third-order valence-electron chi connectivity index (χ3n) is 0.549. The van der Waals surface area contributed by atoms with Crippen molar-refractivity contribution in [1.82, 2.24) is 0 Å². The van der Waals surface area contributed by atoms with Crippen molar-refractivity contribution in [2.75, 3.05) is 5.75 Å². The molecule has 0 amide bonds. The molecular formula is C5H11NOS. The molecule has 3 heteroatoms. The third-order valence-corrected chi connectivity index (χ3v) is 1.65. The van der Waals surface area contributed by atoms with E-state index in [1.807, 2.05) is 6.92 Å². The van der Waals surface area contributed by atoms with Crippen LogP contribution in [-0.4, -0.2) is 16.9 Å². The summed E-state index contributed by atoms with van der Waals surface area (Å²) in [6.07, 6.45) is 0. The van der Waals surface area contributed by atoms with E-state index in [1.165, 1.54) is 11.8 Å². The summed E-state index contributed by atoms with van der Waals surface area (Å²) in [5.74, 6) is 0.731. The normalized spacial score (nSPS) is 13.4. The second-order valence-corrected chi connectivity index (χ2v) is 2.98. The molecule has 0 aliphatic heterocycles. The Balaban J connectivity index is 3.05. The fourth-order valence-corrected chi connectivity index (χ4v) is 0.746. The molecule has 0 rings (SSSR count). The van der Waals surface area contributed by atoms with E-state index in [0.29, 0.717) is 0 Å². The van der Waals surface area contributed by atoms with Gasteiger partial charge in [-0.1, -0.05) is 11.8 Å². The molecule has 1 atom stereocenters. The molecular weight excluding hydrogens is 122 g/mol. The molecule has 0 radical (unpaired) electrons. The first kappa shape index (κ1) is 7.98. The summed E-state index contributed by atoms with van der Waals surface area (Å²) in [5, 5.41) is 0.141. The minimum absolute atomic E-state index is 0.129. The van der Waals surface area contributed by atoms with Crippen LogP contribution in [0.25, 0.3) is 0 Å². The highest BCUT2D eigenvalue weighted by Gasteiger charge is 1.96. The number of nitrogens with two attached hydrogens (primary N) is 1. The quantitative estimate of drug-likeness (QED) is 0.600. The van der Waals surface area contributed by atoms with Gasteiger partial charge < -0.3 is 5.73 Å². The summed E-state index contributed by atoms with van der Waals surface area (Å²) in [4.78, 5) is 10.3. The zero-order valence-electron chi connectivity index (χ0n) is 5.18. The number of carbonyl (C=O) groups excluding carboxylic acids is 1. The van der Waals surface area contributed by atoms with Crippen molar-refractivity contribution in [3.05, 3.63) is 0 Å². The largest absolute Gasteiger partial charge is 0.327 e. The van der Waals surface area contributed by atoms with Crippen molar-refractivity contribution >= 4 is 16.9 Å². The Morgan fingerprint density at radius 1 is 1.88 bits per heavy atom. The van der Waals surface area contributed by atoms with Crippen LogP contribution in [0.2, 0.25) is 0 Å². The van der Waals surface area contributed by atoms with Crippen LogP contribution in [-0.2, 0) is 4.79 Å². The Hall–Kier alpha value is -0.0200.